The third-order valence-electron chi connectivity index (χ3n) is 3.20. The molecule has 0 bridgehead atoms. The summed E-state index contributed by atoms with van der Waals surface area (Å²) < 4.78 is 13.1. The summed E-state index contributed by atoms with van der Waals surface area (Å²) in [5.74, 6) is -0.122. The predicted molar refractivity (Wildman–Crippen MR) is 68.4 cm³/mol. The Balaban J connectivity index is 2.12. The number of hydrogen-bond donors (Lipinski definition) is 0. The van der Waals surface area contributed by atoms with Crippen molar-refractivity contribution < 1.29 is 9.18 Å². The number of nitrogens with zero attached hydrogens (tertiary/aromatic N) is 2. The zero-order valence-corrected chi connectivity index (χ0v) is 11.1. The molecule has 18 heavy (non-hydrogen) atoms. The standard InChI is InChI=1S/C14H19FN2O/c1-14(2,3)12-5-4-10(8-16-12)13(18)17-7-6-11(15)9-17/h4-5,8,11H,6-7,9H2,1-3H3. The third kappa shape index (κ3) is 2.68. The molecule has 3 nitrogen and oxygen atoms in total. The van der Waals surface area contributed by atoms with Gasteiger partial charge in [0.2, 0.25) is 0 Å². The van der Waals surface area contributed by atoms with Crippen LogP contribution in [0.15, 0.2) is 18.3 Å². The third-order valence-corrected chi connectivity index (χ3v) is 3.20. The largest absolute Gasteiger partial charge is 0.336 e. The van der Waals surface area contributed by atoms with Gasteiger partial charge in [0.25, 0.3) is 5.91 Å². The second-order valence-electron chi connectivity index (χ2n) is 5.82. The van der Waals surface area contributed by atoms with Gasteiger partial charge in [-0.25, -0.2) is 4.39 Å². The molecule has 0 N–H and O–H groups in total. The van der Waals surface area contributed by atoms with Crippen molar-refractivity contribution >= 4 is 5.91 Å². The number of hydrogen-bond acceptors (Lipinski definition) is 2. The number of pyridine rings is 1. The zero-order chi connectivity index (χ0) is 13.3. The Kier molecular flexibility index (Phi) is 3.37. The normalized spacial score (nSPS) is 20.2. The summed E-state index contributed by atoms with van der Waals surface area (Å²) in [7, 11) is 0. The maximum atomic E-state index is 13.1. The fourth-order valence-electron chi connectivity index (χ4n) is 2.05. The van der Waals surface area contributed by atoms with E-state index in [0.717, 1.165) is 5.69 Å². The molecular formula is C14H19FN2O. The molecule has 0 saturated carbocycles. The van der Waals surface area contributed by atoms with E-state index in [2.05, 4.69) is 25.8 Å². The average molecular weight is 250 g/mol. The Morgan fingerprint density at radius 3 is 2.61 bits per heavy atom. The maximum Gasteiger partial charge on any atom is 0.255 e. The molecule has 4 heteroatoms. The molecule has 1 fully saturated rings. The van der Waals surface area contributed by atoms with Crippen molar-refractivity contribution in [2.75, 3.05) is 13.1 Å². The Hall–Kier alpha value is -1.45. The molecule has 1 aliphatic rings. The number of rotatable bonds is 1. The number of amides is 1. The van der Waals surface area contributed by atoms with Crippen molar-refractivity contribution in [2.45, 2.75) is 38.8 Å². The molecule has 1 aliphatic heterocycles. The maximum absolute atomic E-state index is 13.1. The highest BCUT2D eigenvalue weighted by molar-refractivity contribution is 5.94. The minimum Gasteiger partial charge on any atom is -0.336 e. The van der Waals surface area contributed by atoms with E-state index in [1.54, 1.807) is 17.2 Å². The summed E-state index contributed by atoms with van der Waals surface area (Å²) in [5.41, 5.74) is 1.46. The van der Waals surface area contributed by atoms with Crippen molar-refractivity contribution in [1.82, 2.24) is 9.88 Å². The van der Waals surface area contributed by atoms with Crippen molar-refractivity contribution in [3.05, 3.63) is 29.6 Å². The highest BCUT2D eigenvalue weighted by Crippen LogP contribution is 2.21. The van der Waals surface area contributed by atoms with Gasteiger partial charge in [-0.1, -0.05) is 20.8 Å². The molecule has 1 aromatic heterocycles. The molecule has 0 spiro atoms. The quantitative estimate of drug-likeness (QED) is 0.767. The molecule has 0 radical (unpaired) electrons. The molecule has 1 atom stereocenters. The van der Waals surface area contributed by atoms with Crippen LogP contribution in [-0.4, -0.2) is 35.1 Å². The lowest BCUT2D eigenvalue weighted by atomic mass is 9.91. The zero-order valence-electron chi connectivity index (χ0n) is 11.1. The number of carbonyl (C=O) groups is 1. The first-order valence-electron chi connectivity index (χ1n) is 6.28. The predicted octanol–water partition coefficient (Wildman–Crippen LogP) is 2.56. The summed E-state index contributed by atoms with van der Waals surface area (Å²) in [4.78, 5) is 17.9. The van der Waals surface area contributed by atoms with E-state index in [9.17, 15) is 9.18 Å². The van der Waals surface area contributed by atoms with Crippen molar-refractivity contribution in [2.24, 2.45) is 0 Å². The fourth-order valence-corrected chi connectivity index (χ4v) is 2.05. The van der Waals surface area contributed by atoms with Gasteiger partial charge >= 0.3 is 0 Å². The monoisotopic (exact) mass is 250 g/mol. The molecule has 1 unspecified atom stereocenters. The van der Waals surface area contributed by atoms with E-state index in [1.807, 2.05) is 6.07 Å². The smallest absolute Gasteiger partial charge is 0.255 e. The summed E-state index contributed by atoms with van der Waals surface area (Å²) >= 11 is 0. The van der Waals surface area contributed by atoms with Gasteiger partial charge in [-0.3, -0.25) is 9.78 Å². The minimum atomic E-state index is -0.879. The first-order chi connectivity index (χ1) is 8.38. The fraction of sp³-hybridized carbons (Fsp3) is 0.571. The van der Waals surface area contributed by atoms with Crippen LogP contribution in [0, 0.1) is 0 Å². The Labute approximate surface area is 107 Å². The molecule has 1 aromatic rings. The van der Waals surface area contributed by atoms with Gasteiger partial charge in [-0.2, -0.15) is 0 Å². The van der Waals surface area contributed by atoms with Gasteiger partial charge in [0.1, 0.15) is 6.17 Å². The van der Waals surface area contributed by atoms with Crippen LogP contribution < -0.4 is 0 Å². The average Bonchev–Trinajstić information content (AvgIpc) is 2.74. The van der Waals surface area contributed by atoms with Gasteiger partial charge in [0.05, 0.1) is 12.1 Å². The summed E-state index contributed by atoms with van der Waals surface area (Å²) in [6, 6.07) is 3.65. The topological polar surface area (TPSA) is 33.2 Å². The first-order valence-corrected chi connectivity index (χ1v) is 6.28. The first kappa shape index (κ1) is 13.0. The molecule has 1 amide bonds. The van der Waals surface area contributed by atoms with Crippen LogP contribution in [0.5, 0.6) is 0 Å². The van der Waals surface area contributed by atoms with Crippen molar-refractivity contribution in [1.29, 1.82) is 0 Å². The molecule has 0 aliphatic carbocycles. The lowest BCUT2D eigenvalue weighted by Crippen LogP contribution is -2.29. The van der Waals surface area contributed by atoms with Crippen molar-refractivity contribution in [3.63, 3.8) is 0 Å². The van der Waals surface area contributed by atoms with Gasteiger partial charge < -0.3 is 4.90 Å². The second kappa shape index (κ2) is 4.67. The van der Waals surface area contributed by atoms with E-state index < -0.39 is 6.17 Å². The number of alkyl halides is 1. The highest BCUT2D eigenvalue weighted by Gasteiger charge is 2.27. The molecule has 1 saturated heterocycles. The minimum absolute atomic E-state index is 0.0285. The lowest BCUT2D eigenvalue weighted by Gasteiger charge is -2.19. The van der Waals surface area contributed by atoms with Gasteiger partial charge in [-0.15, -0.1) is 0 Å². The summed E-state index contributed by atoms with van der Waals surface area (Å²) in [6.07, 6.45) is 1.16. The van der Waals surface area contributed by atoms with Crippen LogP contribution in [-0.2, 0) is 5.41 Å². The highest BCUT2D eigenvalue weighted by atomic mass is 19.1. The Bertz CT molecular complexity index is 436. The Morgan fingerprint density at radius 1 is 1.44 bits per heavy atom. The number of likely N-dealkylation sites (tertiary alicyclic amines) is 1. The van der Waals surface area contributed by atoms with Crippen LogP contribution in [0.4, 0.5) is 4.39 Å². The van der Waals surface area contributed by atoms with Crippen LogP contribution in [0.2, 0.25) is 0 Å². The SMILES string of the molecule is CC(C)(C)c1ccc(C(=O)N2CCC(F)C2)cn1. The number of carbonyl (C=O) groups excluding carboxylic acids is 1. The summed E-state index contributed by atoms with van der Waals surface area (Å²) in [5, 5.41) is 0. The molecule has 2 heterocycles. The molecular weight excluding hydrogens is 231 g/mol. The summed E-state index contributed by atoms with van der Waals surface area (Å²) in [6.45, 7) is 6.93. The van der Waals surface area contributed by atoms with Crippen LogP contribution in [0.1, 0.15) is 43.2 Å². The van der Waals surface area contributed by atoms with E-state index in [-0.39, 0.29) is 17.9 Å². The lowest BCUT2D eigenvalue weighted by molar-refractivity contribution is 0.0782. The van der Waals surface area contributed by atoms with E-state index in [1.165, 1.54) is 0 Å². The number of halogens is 1. The van der Waals surface area contributed by atoms with Crippen LogP contribution in [0.3, 0.4) is 0 Å². The van der Waals surface area contributed by atoms with E-state index in [0.29, 0.717) is 18.5 Å². The molecule has 0 aromatic carbocycles. The molecule has 2 rings (SSSR count). The van der Waals surface area contributed by atoms with E-state index >= 15 is 0 Å². The van der Waals surface area contributed by atoms with Gasteiger partial charge in [0.15, 0.2) is 0 Å². The second-order valence-corrected chi connectivity index (χ2v) is 5.82. The molecule has 98 valence electrons. The Morgan fingerprint density at radius 2 is 2.17 bits per heavy atom. The van der Waals surface area contributed by atoms with Gasteiger partial charge in [-0.05, 0) is 18.6 Å². The van der Waals surface area contributed by atoms with Crippen molar-refractivity contribution in [3.8, 4) is 0 Å². The van der Waals surface area contributed by atoms with E-state index in [4.69, 9.17) is 0 Å². The van der Waals surface area contributed by atoms with Crippen LogP contribution in [0.25, 0.3) is 0 Å². The number of aromatic nitrogens is 1. The van der Waals surface area contributed by atoms with Gasteiger partial charge in [0, 0.05) is 23.9 Å². The van der Waals surface area contributed by atoms with Crippen LogP contribution >= 0.6 is 0 Å².